The number of benzene rings is 1. The highest BCUT2D eigenvalue weighted by Crippen LogP contribution is 2.22. The number of ether oxygens (including phenoxy) is 2. The van der Waals surface area contributed by atoms with Gasteiger partial charge in [0.05, 0.1) is 19.3 Å². The van der Waals surface area contributed by atoms with Crippen LogP contribution in [-0.4, -0.2) is 32.8 Å². The molecule has 1 aliphatic heterocycles. The highest BCUT2D eigenvalue weighted by atomic mass is 35.5. The average molecular weight is 270 g/mol. The maximum Gasteiger partial charge on any atom is 0.340 e. The van der Waals surface area contributed by atoms with E-state index in [4.69, 9.17) is 21.1 Å². The van der Waals surface area contributed by atoms with Gasteiger partial charge in [0, 0.05) is 29.8 Å². The number of hydrogen-bond donors (Lipinski definition) is 1. The Labute approximate surface area is 111 Å². The smallest absolute Gasteiger partial charge is 0.340 e. The fourth-order valence-electron chi connectivity index (χ4n) is 1.95. The van der Waals surface area contributed by atoms with Gasteiger partial charge in [0.2, 0.25) is 0 Å². The minimum absolute atomic E-state index is 0.386. The van der Waals surface area contributed by atoms with E-state index in [9.17, 15) is 4.79 Å². The van der Waals surface area contributed by atoms with E-state index in [0.29, 0.717) is 16.5 Å². The molecule has 18 heavy (non-hydrogen) atoms. The lowest BCUT2D eigenvalue weighted by atomic mass is 10.1. The predicted molar refractivity (Wildman–Crippen MR) is 70.2 cm³/mol. The molecule has 1 heterocycles. The summed E-state index contributed by atoms with van der Waals surface area (Å²) in [6, 6.07) is 5.16. The van der Waals surface area contributed by atoms with Crippen LogP contribution in [0.4, 0.5) is 5.69 Å². The number of rotatable bonds is 4. The molecule has 1 N–H and O–H groups in total. The van der Waals surface area contributed by atoms with Gasteiger partial charge in [-0.15, -0.1) is 0 Å². The van der Waals surface area contributed by atoms with Gasteiger partial charge in [0.1, 0.15) is 0 Å². The molecule has 0 bridgehead atoms. The van der Waals surface area contributed by atoms with E-state index in [1.54, 1.807) is 18.2 Å². The zero-order valence-electron chi connectivity index (χ0n) is 10.2. The Morgan fingerprint density at radius 1 is 1.61 bits per heavy atom. The third-order valence-electron chi connectivity index (χ3n) is 2.99. The summed E-state index contributed by atoms with van der Waals surface area (Å²) in [6.45, 7) is 2.37. The summed E-state index contributed by atoms with van der Waals surface area (Å²) in [5.41, 5.74) is 1.21. The first-order valence-corrected chi connectivity index (χ1v) is 6.28. The normalized spacial score (nSPS) is 18.7. The fraction of sp³-hybridized carbons (Fsp3) is 0.462. The molecule has 0 radical (unpaired) electrons. The number of esters is 1. The van der Waals surface area contributed by atoms with Crippen molar-refractivity contribution in [1.29, 1.82) is 0 Å². The zero-order chi connectivity index (χ0) is 13.0. The average Bonchev–Trinajstić information content (AvgIpc) is 2.89. The van der Waals surface area contributed by atoms with Crippen molar-refractivity contribution in [3.8, 4) is 0 Å². The summed E-state index contributed by atoms with van der Waals surface area (Å²) in [5.74, 6) is 0.105. The van der Waals surface area contributed by atoms with Crippen molar-refractivity contribution in [3.63, 3.8) is 0 Å². The van der Waals surface area contributed by atoms with Crippen LogP contribution in [0.1, 0.15) is 16.8 Å². The van der Waals surface area contributed by atoms with Gasteiger partial charge in [-0.05, 0) is 24.6 Å². The maximum atomic E-state index is 11.6. The van der Waals surface area contributed by atoms with Gasteiger partial charge in [-0.3, -0.25) is 0 Å². The van der Waals surface area contributed by atoms with Crippen molar-refractivity contribution in [3.05, 3.63) is 28.8 Å². The Bertz CT molecular complexity index is 430. The van der Waals surface area contributed by atoms with Crippen LogP contribution in [0.15, 0.2) is 18.2 Å². The largest absolute Gasteiger partial charge is 0.465 e. The highest BCUT2D eigenvalue weighted by molar-refractivity contribution is 6.31. The molecule has 0 spiro atoms. The molecule has 98 valence electrons. The van der Waals surface area contributed by atoms with Gasteiger partial charge < -0.3 is 14.8 Å². The quantitative estimate of drug-likeness (QED) is 0.854. The number of carbonyl (C=O) groups excluding carboxylic acids is 1. The van der Waals surface area contributed by atoms with Crippen molar-refractivity contribution < 1.29 is 14.3 Å². The summed E-state index contributed by atoms with van der Waals surface area (Å²) in [4.78, 5) is 11.6. The fourth-order valence-corrected chi connectivity index (χ4v) is 2.12. The van der Waals surface area contributed by atoms with Crippen LogP contribution in [0.3, 0.4) is 0 Å². The monoisotopic (exact) mass is 269 g/mol. The van der Waals surface area contributed by atoms with Crippen molar-refractivity contribution in [2.75, 3.05) is 32.2 Å². The van der Waals surface area contributed by atoms with E-state index in [1.165, 1.54) is 7.11 Å². The summed E-state index contributed by atoms with van der Waals surface area (Å²) < 4.78 is 10.1. The summed E-state index contributed by atoms with van der Waals surface area (Å²) in [5, 5.41) is 3.78. The number of nitrogens with one attached hydrogen (secondary N) is 1. The van der Waals surface area contributed by atoms with Crippen molar-refractivity contribution in [2.24, 2.45) is 5.92 Å². The topological polar surface area (TPSA) is 47.6 Å². The molecule has 1 atom stereocenters. The first-order chi connectivity index (χ1) is 8.70. The van der Waals surface area contributed by atoms with E-state index >= 15 is 0 Å². The predicted octanol–water partition coefficient (Wildman–Crippen LogP) is 2.58. The minimum atomic E-state index is -0.386. The molecule has 1 aromatic carbocycles. The molecular formula is C13H16ClNO3. The van der Waals surface area contributed by atoms with Gasteiger partial charge >= 0.3 is 5.97 Å². The Kier molecular flexibility index (Phi) is 4.44. The lowest BCUT2D eigenvalue weighted by Gasteiger charge is -2.13. The Morgan fingerprint density at radius 3 is 3.11 bits per heavy atom. The molecule has 0 aliphatic carbocycles. The second-order valence-corrected chi connectivity index (χ2v) is 4.73. The molecule has 2 rings (SSSR count). The van der Waals surface area contributed by atoms with Crippen LogP contribution in [0.25, 0.3) is 0 Å². The van der Waals surface area contributed by atoms with Gasteiger partial charge in [-0.25, -0.2) is 4.79 Å². The van der Waals surface area contributed by atoms with Crippen molar-refractivity contribution in [1.82, 2.24) is 0 Å². The van der Waals surface area contributed by atoms with Crippen molar-refractivity contribution >= 4 is 23.3 Å². The standard InChI is InChI=1S/C13H16ClNO3/c1-17-13(16)11-6-10(14)2-3-12(11)15-7-9-4-5-18-8-9/h2-3,6,9,15H,4-5,7-8H2,1H3. The third-order valence-corrected chi connectivity index (χ3v) is 3.23. The lowest BCUT2D eigenvalue weighted by Crippen LogP contribution is -2.16. The van der Waals surface area contributed by atoms with Crippen LogP contribution in [-0.2, 0) is 9.47 Å². The molecule has 0 amide bonds. The Hall–Kier alpha value is -1.26. The number of methoxy groups -OCH3 is 1. The summed E-state index contributed by atoms with van der Waals surface area (Å²) in [7, 11) is 1.36. The van der Waals surface area contributed by atoms with Crippen LogP contribution in [0.5, 0.6) is 0 Å². The van der Waals surface area contributed by atoms with Gasteiger partial charge in [-0.2, -0.15) is 0 Å². The van der Waals surface area contributed by atoms with Crippen molar-refractivity contribution in [2.45, 2.75) is 6.42 Å². The second-order valence-electron chi connectivity index (χ2n) is 4.29. The van der Waals surface area contributed by atoms with Crippen LogP contribution < -0.4 is 5.32 Å². The van der Waals surface area contributed by atoms with Crippen LogP contribution in [0, 0.1) is 5.92 Å². The molecule has 5 heteroatoms. The third kappa shape index (κ3) is 3.15. The summed E-state index contributed by atoms with van der Waals surface area (Å²) >= 11 is 5.89. The first kappa shape index (κ1) is 13.2. The molecule has 1 fully saturated rings. The summed E-state index contributed by atoms with van der Waals surface area (Å²) in [6.07, 6.45) is 1.05. The van der Waals surface area contributed by atoms with E-state index in [0.717, 1.165) is 31.9 Å². The van der Waals surface area contributed by atoms with Gasteiger partial charge in [-0.1, -0.05) is 11.6 Å². The van der Waals surface area contributed by atoms with Crippen LogP contribution in [0.2, 0.25) is 5.02 Å². The highest BCUT2D eigenvalue weighted by Gasteiger charge is 2.17. The molecule has 1 aromatic rings. The molecule has 1 unspecified atom stereocenters. The van der Waals surface area contributed by atoms with E-state index < -0.39 is 0 Å². The van der Waals surface area contributed by atoms with E-state index in [1.807, 2.05) is 0 Å². The molecule has 0 aromatic heterocycles. The molecule has 1 aliphatic rings. The van der Waals surface area contributed by atoms with Gasteiger partial charge in [0.25, 0.3) is 0 Å². The number of hydrogen-bond acceptors (Lipinski definition) is 4. The van der Waals surface area contributed by atoms with Gasteiger partial charge in [0.15, 0.2) is 0 Å². The van der Waals surface area contributed by atoms with Crippen LogP contribution >= 0.6 is 11.6 Å². The van der Waals surface area contributed by atoms with E-state index in [2.05, 4.69) is 5.32 Å². The first-order valence-electron chi connectivity index (χ1n) is 5.90. The SMILES string of the molecule is COC(=O)c1cc(Cl)ccc1NCC1CCOC1. The second kappa shape index (κ2) is 6.07. The molecule has 1 saturated heterocycles. The maximum absolute atomic E-state index is 11.6. The minimum Gasteiger partial charge on any atom is -0.465 e. The molecular weight excluding hydrogens is 254 g/mol. The number of carbonyl (C=O) groups is 1. The zero-order valence-corrected chi connectivity index (χ0v) is 11.0. The molecule has 0 saturated carbocycles. The number of halogens is 1. The number of anilines is 1. The Balaban J connectivity index is 2.08. The molecule has 4 nitrogen and oxygen atoms in total. The van der Waals surface area contributed by atoms with E-state index in [-0.39, 0.29) is 5.97 Å². The Morgan fingerprint density at radius 2 is 2.44 bits per heavy atom. The lowest BCUT2D eigenvalue weighted by molar-refractivity contribution is 0.0602.